The van der Waals surface area contributed by atoms with Crippen molar-refractivity contribution in [2.24, 2.45) is 5.92 Å². The van der Waals surface area contributed by atoms with Crippen molar-refractivity contribution in [3.63, 3.8) is 0 Å². The van der Waals surface area contributed by atoms with Crippen LogP contribution < -0.4 is 16.0 Å². The number of nitrogens with zero attached hydrogens (tertiary/aromatic N) is 1. The Morgan fingerprint density at radius 1 is 1.17 bits per heavy atom. The molecule has 0 bridgehead atoms. The third-order valence-electron chi connectivity index (χ3n) is 4.48. The molecule has 1 fully saturated rings. The van der Waals surface area contributed by atoms with Gasteiger partial charge in [0.2, 0.25) is 0 Å². The summed E-state index contributed by atoms with van der Waals surface area (Å²) in [6, 6.07) is 5.64. The molecule has 1 saturated heterocycles. The molecule has 1 atom stereocenters. The topological polar surface area (TPSA) is 134 Å². The van der Waals surface area contributed by atoms with E-state index in [9.17, 15) is 24.0 Å². The molecule has 6 amide bonds. The minimum atomic E-state index is -1.31. The van der Waals surface area contributed by atoms with E-state index in [1.54, 1.807) is 19.1 Å². The fraction of sp³-hybridized carbons (Fsp3) is 0.450. The Hall–Kier alpha value is -3.43. The number of aryl methyl sites for hydroxylation is 1. The molecule has 10 heteroatoms. The van der Waals surface area contributed by atoms with Crippen LogP contribution in [-0.2, 0) is 24.7 Å². The third kappa shape index (κ3) is 5.56. The summed E-state index contributed by atoms with van der Waals surface area (Å²) in [6.07, 6.45) is 0. The summed E-state index contributed by atoms with van der Waals surface area (Å²) in [4.78, 5) is 60.9. The van der Waals surface area contributed by atoms with E-state index in [1.807, 2.05) is 38.2 Å². The quantitative estimate of drug-likeness (QED) is 0.443. The number of hydrogen-bond donors (Lipinski definition) is 3. The van der Waals surface area contributed by atoms with Crippen LogP contribution in [0.2, 0.25) is 0 Å². The highest BCUT2D eigenvalue weighted by Crippen LogP contribution is 2.28. The summed E-state index contributed by atoms with van der Waals surface area (Å²) in [5.74, 6) is -2.18. The lowest BCUT2D eigenvalue weighted by Gasteiger charge is -2.22. The number of imide groups is 2. The number of urea groups is 2. The number of carbonyl (C=O) groups excluding carboxylic acids is 5. The molecule has 30 heavy (non-hydrogen) atoms. The van der Waals surface area contributed by atoms with Crippen molar-refractivity contribution in [1.29, 1.82) is 0 Å². The van der Waals surface area contributed by atoms with E-state index in [2.05, 4.69) is 10.6 Å². The molecule has 10 nitrogen and oxygen atoms in total. The van der Waals surface area contributed by atoms with Crippen LogP contribution >= 0.6 is 0 Å². The van der Waals surface area contributed by atoms with E-state index < -0.39 is 48.5 Å². The number of amides is 6. The minimum absolute atomic E-state index is 0.207. The van der Waals surface area contributed by atoms with Crippen LogP contribution in [0.25, 0.3) is 0 Å². The van der Waals surface area contributed by atoms with E-state index in [-0.39, 0.29) is 5.92 Å². The second kappa shape index (κ2) is 9.38. The lowest BCUT2D eigenvalue weighted by Crippen LogP contribution is -2.43. The van der Waals surface area contributed by atoms with E-state index in [4.69, 9.17) is 4.74 Å². The zero-order valence-electron chi connectivity index (χ0n) is 17.4. The molecule has 1 aliphatic heterocycles. The molecule has 1 aliphatic rings. The zero-order chi connectivity index (χ0) is 22.5. The molecule has 1 heterocycles. The first-order chi connectivity index (χ1) is 14.0. The third-order valence-corrected chi connectivity index (χ3v) is 4.48. The summed E-state index contributed by atoms with van der Waals surface area (Å²) in [5, 5.41) is 7.08. The van der Waals surface area contributed by atoms with Gasteiger partial charge in [0.15, 0.2) is 6.61 Å². The summed E-state index contributed by atoms with van der Waals surface area (Å²) < 4.78 is 4.77. The Balaban J connectivity index is 1.88. The van der Waals surface area contributed by atoms with Gasteiger partial charge >= 0.3 is 18.0 Å². The average molecular weight is 418 g/mol. The second-order valence-corrected chi connectivity index (χ2v) is 7.63. The number of ether oxygens (including phenoxy) is 1. The Bertz CT molecular complexity index is 851. The molecule has 162 valence electrons. The number of rotatable bonds is 7. The van der Waals surface area contributed by atoms with Crippen LogP contribution in [0.3, 0.4) is 0 Å². The maximum absolute atomic E-state index is 12.8. The van der Waals surface area contributed by atoms with E-state index in [0.29, 0.717) is 12.1 Å². The summed E-state index contributed by atoms with van der Waals surface area (Å²) in [7, 11) is 0. The molecular weight excluding hydrogens is 392 g/mol. The zero-order valence-corrected chi connectivity index (χ0v) is 17.4. The molecule has 0 unspecified atom stereocenters. The van der Waals surface area contributed by atoms with Crippen molar-refractivity contribution in [3.05, 3.63) is 35.4 Å². The molecule has 1 aromatic carbocycles. The molecule has 3 N–H and O–H groups in total. The van der Waals surface area contributed by atoms with Crippen molar-refractivity contribution < 1.29 is 28.7 Å². The molecule has 2 rings (SSSR count). The van der Waals surface area contributed by atoms with Crippen molar-refractivity contribution in [1.82, 2.24) is 20.9 Å². The van der Waals surface area contributed by atoms with Crippen LogP contribution in [0, 0.1) is 12.8 Å². The van der Waals surface area contributed by atoms with Gasteiger partial charge in [0, 0.05) is 6.54 Å². The predicted molar refractivity (Wildman–Crippen MR) is 106 cm³/mol. The highest BCUT2D eigenvalue weighted by atomic mass is 16.5. The summed E-state index contributed by atoms with van der Waals surface area (Å²) in [5.41, 5.74) is 0.265. The van der Waals surface area contributed by atoms with Crippen molar-refractivity contribution in [3.8, 4) is 0 Å². The molecule has 1 aromatic rings. The van der Waals surface area contributed by atoms with Crippen molar-refractivity contribution in [2.75, 3.05) is 19.7 Å². The van der Waals surface area contributed by atoms with Crippen LogP contribution in [0.5, 0.6) is 0 Å². The highest BCUT2D eigenvalue weighted by Gasteiger charge is 2.49. The first-order valence-corrected chi connectivity index (χ1v) is 9.47. The maximum Gasteiger partial charge on any atom is 0.326 e. The fourth-order valence-corrected chi connectivity index (χ4v) is 2.75. The van der Waals surface area contributed by atoms with Gasteiger partial charge in [0.25, 0.3) is 11.8 Å². The van der Waals surface area contributed by atoms with Crippen LogP contribution in [0.4, 0.5) is 9.59 Å². The maximum atomic E-state index is 12.8. The molecule has 0 radical (unpaired) electrons. The van der Waals surface area contributed by atoms with E-state index in [0.717, 1.165) is 10.5 Å². The number of hydrogen-bond acceptors (Lipinski definition) is 6. The monoisotopic (exact) mass is 418 g/mol. The van der Waals surface area contributed by atoms with Crippen LogP contribution in [-0.4, -0.2) is 54.4 Å². The standard InChI is InChI=1S/C20H26N4O6/c1-12(2)9-21-18(28)22-15(25)11-30-16(26)10-24-17(27)20(4,23-19(24)29)14-7-5-13(3)6-8-14/h5-8,12H,9-11H2,1-4H3,(H,23,29)(H2,21,22,25,28)/t20-/m1/s1. The van der Waals surface area contributed by atoms with Gasteiger partial charge in [-0.2, -0.15) is 0 Å². The first kappa shape index (κ1) is 22.9. The Kier molecular flexibility index (Phi) is 7.14. The van der Waals surface area contributed by atoms with Gasteiger partial charge in [-0.05, 0) is 25.3 Å². The lowest BCUT2D eigenvalue weighted by atomic mass is 9.91. The SMILES string of the molecule is Cc1ccc([C@@]2(C)NC(=O)N(CC(=O)OCC(=O)NC(=O)NCC(C)C)C2=O)cc1. The lowest BCUT2D eigenvalue weighted by molar-refractivity contribution is -0.150. The molecule has 0 aromatic heterocycles. The molecule has 0 spiro atoms. The van der Waals surface area contributed by atoms with E-state index >= 15 is 0 Å². The Labute approximate surface area is 174 Å². The normalized spacial score (nSPS) is 18.2. The van der Waals surface area contributed by atoms with Gasteiger partial charge in [0.05, 0.1) is 0 Å². The van der Waals surface area contributed by atoms with Gasteiger partial charge < -0.3 is 15.4 Å². The van der Waals surface area contributed by atoms with Gasteiger partial charge in [-0.1, -0.05) is 43.7 Å². The molecule has 0 saturated carbocycles. The van der Waals surface area contributed by atoms with Crippen LogP contribution in [0.15, 0.2) is 24.3 Å². The Morgan fingerprint density at radius 2 is 1.80 bits per heavy atom. The fourth-order valence-electron chi connectivity index (χ4n) is 2.75. The molecule has 0 aliphatic carbocycles. The Morgan fingerprint density at radius 3 is 2.40 bits per heavy atom. The van der Waals surface area contributed by atoms with Crippen molar-refractivity contribution in [2.45, 2.75) is 33.2 Å². The smallest absolute Gasteiger partial charge is 0.326 e. The number of benzene rings is 1. The summed E-state index contributed by atoms with van der Waals surface area (Å²) >= 11 is 0. The highest BCUT2D eigenvalue weighted by molar-refractivity contribution is 6.09. The minimum Gasteiger partial charge on any atom is -0.454 e. The predicted octanol–water partition coefficient (Wildman–Crippen LogP) is 0.787. The largest absolute Gasteiger partial charge is 0.454 e. The number of esters is 1. The average Bonchev–Trinajstić information content (AvgIpc) is 2.89. The number of nitrogens with one attached hydrogen (secondary N) is 3. The van der Waals surface area contributed by atoms with Crippen molar-refractivity contribution >= 4 is 29.8 Å². The second-order valence-electron chi connectivity index (χ2n) is 7.63. The van der Waals surface area contributed by atoms with Gasteiger partial charge in [-0.25, -0.2) is 9.59 Å². The van der Waals surface area contributed by atoms with Crippen LogP contribution in [0.1, 0.15) is 31.9 Å². The van der Waals surface area contributed by atoms with E-state index in [1.165, 1.54) is 0 Å². The molecular formula is C20H26N4O6. The number of carbonyl (C=O) groups is 5. The van der Waals surface area contributed by atoms with Gasteiger partial charge in [-0.3, -0.25) is 24.6 Å². The first-order valence-electron chi connectivity index (χ1n) is 9.47. The van der Waals surface area contributed by atoms with Gasteiger partial charge in [0.1, 0.15) is 12.1 Å². The summed E-state index contributed by atoms with van der Waals surface area (Å²) in [6.45, 7) is 6.24. The van der Waals surface area contributed by atoms with Gasteiger partial charge in [-0.15, -0.1) is 0 Å².